The lowest BCUT2D eigenvalue weighted by atomic mass is 9.96. The molecule has 3 heterocycles. The maximum atomic E-state index is 13.0. The second-order valence-electron chi connectivity index (χ2n) is 8.14. The number of hydrogen-bond donors (Lipinski definition) is 2. The number of nitrogens with one attached hydrogen (secondary N) is 2. The minimum absolute atomic E-state index is 0.117. The Labute approximate surface area is 187 Å². The minimum atomic E-state index is -0.345. The zero-order valence-electron chi connectivity index (χ0n) is 18.2. The maximum Gasteiger partial charge on any atom is 0.324 e. The molecule has 4 amide bonds. The number of hydrogen-bond acceptors (Lipinski definition) is 6. The molecular weight excluding hydrogens is 408 g/mol. The highest BCUT2D eigenvalue weighted by molar-refractivity contribution is 5.97. The van der Waals surface area contributed by atoms with Crippen molar-refractivity contribution < 1.29 is 14.4 Å². The van der Waals surface area contributed by atoms with Crippen LogP contribution in [-0.2, 0) is 11.3 Å². The van der Waals surface area contributed by atoms with E-state index in [1.807, 2.05) is 35.2 Å². The number of imide groups is 1. The second kappa shape index (κ2) is 9.86. The van der Waals surface area contributed by atoms with Crippen molar-refractivity contribution in [2.45, 2.75) is 38.8 Å². The van der Waals surface area contributed by atoms with E-state index in [2.05, 4.69) is 20.6 Å². The Morgan fingerprint density at radius 2 is 2.00 bits per heavy atom. The number of amides is 4. The van der Waals surface area contributed by atoms with Gasteiger partial charge in [-0.25, -0.2) is 14.8 Å². The first-order valence-corrected chi connectivity index (χ1v) is 11.0. The Balaban J connectivity index is 1.53. The van der Waals surface area contributed by atoms with Crippen LogP contribution in [0.15, 0.2) is 36.5 Å². The summed E-state index contributed by atoms with van der Waals surface area (Å²) in [6.07, 6.45) is 4.29. The van der Waals surface area contributed by atoms with Crippen LogP contribution < -0.4 is 10.6 Å². The molecule has 0 spiro atoms. The summed E-state index contributed by atoms with van der Waals surface area (Å²) in [4.78, 5) is 49.8. The highest BCUT2D eigenvalue weighted by Gasteiger charge is 2.33. The Hall–Kier alpha value is -3.33. The summed E-state index contributed by atoms with van der Waals surface area (Å²) in [6.45, 7) is 3.89. The van der Waals surface area contributed by atoms with E-state index in [-0.39, 0.29) is 30.4 Å². The molecule has 1 aromatic heterocycles. The molecule has 2 N–H and O–H groups in total. The lowest BCUT2D eigenvalue weighted by molar-refractivity contribution is -0.129. The lowest BCUT2D eigenvalue weighted by Gasteiger charge is -2.36. The number of nitrogens with zero attached hydrogens (tertiary/aromatic N) is 4. The summed E-state index contributed by atoms with van der Waals surface area (Å²) in [5.74, 6) is 0.114. The predicted molar refractivity (Wildman–Crippen MR) is 118 cm³/mol. The van der Waals surface area contributed by atoms with E-state index < -0.39 is 0 Å². The summed E-state index contributed by atoms with van der Waals surface area (Å²) in [5, 5.41) is 5.62. The van der Waals surface area contributed by atoms with E-state index >= 15 is 0 Å². The first-order valence-electron chi connectivity index (χ1n) is 11.0. The largest absolute Gasteiger partial charge is 0.348 e. The fraction of sp³-hybridized carbons (Fsp3) is 0.435. The van der Waals surface area contributed by atoms with Crippen molar-refractivity contribution in [3.05, 3.63) is 59.2 Å². The molecule has 9 heteroatoms. The molecule has 2 aromatic rings. The van der Waals surface area contributed by atoms with Crippen LogP contribution in [0.5, 0.6) is 0 Å². The van der Waals surface area contributed by atoms with Gasteiger partial charge in [-0.15, -0.1) is 0 Å². The number of likely N-dealkylation sites (tertiary alicyclic amines) is 1. The minimum Gasteiger partial charge on any atom is -0.348 e. The third kappa shape index (κ3) is 4.94. The normalized spacial score (nSPS) is 19.0. The van der Waals surface area contributed by atoms with Gasteiger partial charge in [0.25, 0.3) is 5.91 Å². The monoisotopic (exact) mass is 436 g/mol. The molecule has 0 aliphatic carbocycles. The molecule has 1 atom stereocenters. The molecule has 2 aliphatic heterocycles. The number of benzene rings is 1. The quantitative estimate of drug-likeness (QED) is 0.715. The Kier molecular flexibility index (Phi) is 6.75. The predicted octanol–water partition coefficient (Wildman–Crippen LogP) is 1.79. The SMILES string of the molecule is Cc1ncc(C(=O)NCc2ccccc2)c(C2CCCCN2CC(=O)N2CCNC2=O)n1. The van der Waals surface area contributed by atoms with Crippen molar-refractivity contribution in [1.82, 2.24) is 30.4 Å². The number of rotatable bonds is 6. The van der Waals surface area contributed by atoms with Gasteiger partial charge in [-0.05, 0) is 31.9 Å². The summed E-state index contributed by atoms with van der Waals surface area (Å²) in [6, 6.07) is 9.17. The summed E-state index contributed by atoms with van der Waals surface area (Å²) >= 11 is 0. The van der Waals surface area contributed by atoms with E-state index in [0.29, 0.717) is 43.3 Å². The number of piperidine rings is 1. The van der Waals surface area contributed by atoms with Crippen molar-refractivity contribution in [3.63, 3.8) is 0 Å². The van der Waals surface area contributed by atoms with Gasteiger partial charge in [0.2, 0.25) is 5.91 Å². The fourth-order valence-corrected chi connectivity index (χ4v) is 4.25. The van der Waals surface area contributed by atoms with Gasteiger partial charge >= 0.3 is 6.03 Å². The van der Waals surface area contributed by atoms with E-state index in [9.17, 15) is 14.4 Å². The van der Waals surface area contributed by atoms with Crippen molar-refractivity contribution in [1.29, 1.82) is 0 Å². The summed E-state index contributed by atoms with van der Waals surface area (Å²) in [7, 11) is 0. The van der Waals surface area contributed by atoms with Gasteiger partial charge < -0.3 is 10.6 Å². The zero-order valence-corrected chi connectivity index (χ0v) is 18.2. The van der Waals surface area contributed by atoms with Gasteiger partial charge in [0.1, 0.15) is 5.82 Å². The van der Waals surface area contributed by atoms with E-state index in [4.69, 9.17) is 0 Å². The van der Waals surface area contributed by atoms with E-state index in [0.717, 1.165) is 24.8 Å². The Morgan fingerprint density at radius 1 is 1.19 bits per heavy atom. The summed E-state index contributed by atoms with van der Waals surface area (Å²) in [5.41, 5.74) is 2.07. The van der Waals surface area contributed by atoms with Crippen LogP contribution in [0.1, 0.15) is 52.7 Å². The van der Waals surface area contributed by atoms with Gasteiger partial charge in [-0.3, -0.25) is 19.4 Å². The average Bonchev–Trinajstić information content (AvgIpc) is 3.24. The van der Waals surface area contributed by atoms with Crippen LogP contribution in [0.3, 0.4) is 0 Å². The van der Waals surface area contributed by atoms with Crippen molar-refractivity contribution in [2.75, 3.05) is 26.2 Å². The molecule has 9 nitrogen and oxygen atoms in total. The molecule has 2 fully saturated rings. The van der Waals surface area contributed by atoms with Crippen LogP contribution in [0.25, 0.3) is 0 Å². The fourth-order valence-electron chi connectivity index (χ4n) is 4.25. The molecule has 168 valence electrons. The maximum absolute atomic E-state index is 13.0. The number of aromatic nitrogens is 2. The molecule has 1 aromatic carbocycles. The van der Waals surface area contributed by atoms with Gasteiger partial charge in [-0.2, -0.15) is 0 Å². The third-order valence-corrected chi connectivity index (χ3v) is 5.90. The van der Waals surface area contributed by atoms with Gasteiger partial charge in [-0.1, -0.05) is 36.8 Å². The van der Waals surface area contributed by atoms with Crippen LogP contribution in [-0.4, -0.2) is 63.8 Å². The first-order chi connectivity index (χ1) is 15.5. The molecule has 4 rings (SSSR count). The van der Waals surface area contributed by atoms with Gasteiger partial charge in [0.05, 0.1) is 23.8 Å². The Morgan fingerprint density at radius 3 is 2.75 bits per heavy atom. The standard InChI is InChI=1S/C23H28N6O3/c1-16-25-14-18(22(31)26-13-17-7-3-2-4-8-17)21(27-16)19-9-5-6-11-28(19)15-20(30)29-12-10-24-23(29)32/h2-4,7-8,14,19H,5-6,9-13,15H2,1H3,(H,24,32)(H,26,31). The zero-order chi connectivity index (χ0) is 22.5. The molecule has 1 unspecified atom stereocenters. The van der Waals surface area contributed by atoms with Crippen LogP contribution >= 0.6 is 0 Å². The van der Waals surface area contributed by atoms with Crippen LogP contribution in [0.2, 0.25) is 0 Å². The number of aryl methyl sites for hydroxylation is 1. The van der Waals surface area contributed by atoms with Gasteiger partial charge in [0, 0.05) is 25.8 Å². The van der Waals surface area contributed by atoms with E-state index in [1.54, 1.807) is 13.1 Å². The smallest absolute Gasteiger partial charge is 0.324 e. The topological polar surface area (TPSA) is 108 Å². The average molecular weight is 437 g/mol. The van der Waals surface area contributed by atoms with Gasteiger partial charge in [0.15, 0.2) is 0 Å². The molecule has 0 bridgehead atoms. The third-order valence-electron chi connectivity index (χ3n) is 5.90. The molecule has 2 saturated heterocycles. The summed E-state index contributed by atoms with van der Waals surface area (Å²) < 4.78 is 0. The van der Waals surface area contributed by atoms with Crippen molar-refractivity contribution >= 4 is 17.8 Å². The van der Waals surface area contributed by atoms with Crippen molar-refractivity contribution in [3.8, 4) is 0 Å². The van der Waals surface area contributed by atoms with Crippen molar-refractivity contribution in [2.24, 2.45) is 0 Å². The number of urea groups is 1. The van der Waals surface area contributed by atoms with Crippen LogP contribution in [0.4, 0.5) is 4.79 Å². The number of carbonyl (C=O) groups excluding carboxylic acids is 3. The highest BCUT2D eigenvalue weighted by Crippen LogP contribution is 2.31. The Bertz CT molecular complexity index is 996. The first kappa shape index (κ1) is 21.9. The molecular formula is C23H28N6O3. The highest BCUT2D eigenvalue weighted by atomic mass is 16.2. The molecule has 0 radical (unpaired) electrons. The number of carbonyl (C=O) groups is 3. The lowest BCUT2D eigenvalue weighted by Crippen LogP contribution is -2.45. The second-order valence-corrected chi connectivity index (χ2v) is 8.14. The van der Waals surface area contributed by atoms with Crippen LogP contribution in [0, 0.1) is 6.92 Å². The molecule has 2 aliphatic rings. The molecule has 0 saturated carbocycles. The van der Waals surface area contributed by atoms with E-state index in [1.165, 1.54) is 4.90 Å². The molecule has 32 heavy (non-hydrogen) atoms.